The summed E-state index contributed by atoms with van der Waals surface area (Å²) in [6, 6.07) is 10.0. The van der Waals surface area contributed by atoms with Crippen molar-refractivity contribution in [2.24, 2.45) is 0 Å². The second-order valence-electron chi connectivity index (χ2n) is 4.11. The molecule has 0 unspecified atom stereocenters. The van der Waals surface area contributed by atoms with Crippen LogP contribution in [0.25, 0.3) is 16.0 Å². The van der Waals surface area contributed by atoms with Gasteiger partial charge in [-0.25, -0.2) is 12.1 Å². The van der Waals surface area contributed by atoms with Crippen molar-refractivity contribution in [3.8, 4) is 0 Å². The zero-order valence-electron chi connectivity index (χ0n) is 17.5. The fraction of sp³-hybridized carbons (Fsp3) is 0.700. The molecule has 0 N–H and O–H groups in total. The Morgan fingerprint density at radius 3 is 0.875 bits per heavy atom. The topological polar surface area (TPSA) is 42.3 Å². The fourth-order valence-corrected chi connectivity index (χ4v) is 0.992. The molecule has 4 heteroatoms. The summed E-state index contributed by atoms with van der Waals surface area (Å²) in [5.74, 6) is 0. The maximum absolute atomic E-state index is 3.97. The molecule has 0 spiro atoms. The van der Waals surface area contributed by atoms with Gasteiger partial charge < -0.3 is 22.4 Å². The van der Waals surface area contributed by atoms with Crippen LogP contribution in [0.2, 0.25) is 0 Å². The molecule has 0 heterocycles. The van der Waals surface area contributed by atoms with Crippen molar-refractivity contribution in [2.75, 3.05) is 39.3 Å². The van der Waals surface area contributed by atoms with Gasteiger partial charge in [-0.2, -0.15) is 71.3 Å². The molecular weight excluding hydrogens is 330 g/mol. The number of rotatable bonds is 6. The van der Waals surface area contributed by atoms with E-state index in [2.05, 4.69) is 16.0 Å². The summed E-state index contributed by atoms with van der Waals surface area (Å²) in [5, 5.41) is 11.9. The quantitative estimate of drug-likeness (QED) is 0.388. The molecule has 0 amide bonds. The minimum atomic E-state index is 0. The van der Waals surface area contributed by atoms with Gasteiger partial charge in [0.15, 0.2) is 0 Å². The van der Waals surface area contributed by atoms with Crippen molar-refractivity contribution >= 4 is 0 Å². The Hall–Kier alpha value is -0.0557. The minimum Gasteiger partial charge on any atom is -0.663 e. The van der Waals surface area contributed by atoms with Crippen LogP contribution in [0.15, 0.2) is 30.3 Å². The predicted molar refractivity (Wildman–Crippen MR) is 111 cm³/mol. The average molecular weight is 372 g/mol. The van der Waals surface area contributed by atoms with Gasteiger partial charge in [-0.3, -0.25) is 0 Å². The molecule has 0 radical (unpaired) electrons. The van der Waals surface area contributed by atoms with Crippen LogP contribution in [0.3, 0.4) is 0 Å². The van der Waals surface area contributed by atoms with Crippen molar-refractivity contribution in [1.82, 2.24) is 0 Å². The van der Waals surface area contributed by atoms with Crippen molar-refractivity contribution in [1.29, 1.82) is 0 Å². The summed E-state index contributed by atoms with van der Waals surface area (Å²) in [7, 11) is 0. The van der Waals surface area contributed by atoms with Crippen molar-refractivity contribution in [3.05, 3.63) is 52.7 Å². The van der Waals surface area contributed by atoms with Gasteiger partial charge in [0.25, 0.3) is 0 Å². The number of hydrogen-bond acceptors (Lipinski definition) is 0. The van der Waals surface area contributed by atoms with E-state index in [1.807, 2.05) is 92.1 Å². The van der Waals surface area contributed by atoms with Gasteiger partial charge in [-0.1, -0.05) is 41.5 Å². The largest absolute Gasteiger partial charge is 0.663 e. The molecule has 0 saturated carbocycles. The Morgan fingerprint density at radius 1 is 0.625 bits per heavy atom. The number of nitrogens with zero attached hydrogens (tertiary/aromatic N) is 3. The van der Waals surface area contributed by atoms with Crippen LogP contribution < -0.4 is 0 Å². The zero-order valence-corrected chi connectivity index (χ0v) is 19.1. The molecule has 1 aromatic rings. The fourth-order valence-electron chi connectivity index (χ4n) is 0.992. The van der Waals surface area contributed by atoms with Gasteiger partial charge in [0.05, 0.1) is 0 Å². The summed E-state index contributed by atoms with van der Waals surface area (Å²) in [4.78, 5) is 0. The monoisotopic (exact) mass is 372 g/mol. The second-order valence-corrected chi connectivity index (χ2v) is 4.11. The van der Waals surface area contributed by atoms with Crippen molar-refractivity contribution in [3.63, 3.8) is 0 Å². The molecule has 1 aromatic carbocycles. The Balaban J connectivity index is -0.0000000627. The molecule has 3 nitrogen and oxygen atoms in total. The van der Waals surface area contributed by atoms with Gasteiger partial charge in [0.2, 0.25) is 0 Å². The summed E-state index contributed by atoms with van der Waals surface area (Å²) >= 11 is 0. The first-order chi connectivity index (χ1) is 11.2. The SMILES string of the molecule is CC[N-]CC.CC[N-]CC.CC[N-]CC.C[CH-]C.[Ti].c1cc[cH-]c1. The van der Waals surface area contributed by atoms with Gasteiger partial charge in [-0.15, -0.1) is 0 Å². The van der Waals surface area contributed by atoms with Crippen LogP contribution in [-0.2, 0) is 21.7 Å². The third kappa shape index (κ3) is 80.4. The first kappa shape index (κ1) is 35.1. The van der Waals surface area contributed by atoms with Crippen molar-refractivity contribution < 1.29 is 21.7 Å². The third-order valence-corrected chi connectivity index (χ3v) is 1.90. The summed E-state index contributed by atoms with van der Waals surface area (Å²) < 4.78 is 0. The maximum atomic E-state index is 3.97. The molecule has 0 aliphatic rings. The van der Waals surface area contributed by atoms with E-state index in [1.165, 1.54) is 0 Å². The molecule has 0 aliphatic heterocycles. The molecule has 146 valence electrons. The van der Waals surface area contributed by atoms with E-state index in [0.717, 1.165) is 39.3 Å². The Kier molecular flexibility index (Phi) is 72.4. The zero-order chi connectivity index (χ0) is 18.6. The van der Waals surface area contributed by atoms with E-state index >= 15 is 0 Å². The summed E-state index contributed by atoms with van der Waals surface area (Å²) in [6.45, 7) is 22.1. The Morgan fingerprint density at radius 2 is 0.833 bits per heavy atom. The van der Waals surface area contributed by atoms with Crippen LogP contribution in [0.5, 0.6) is 0 Å². The van der Waals surface area contributed by atoms with Gasteiger partial charge >= 0.3 is 0 Å². The molecule has 0 saturated heterocycles. The summed E-state index contributed by atoms with van der Waals surface area (Å²) in [5.41, 5.74) is 0. The Labute approximate surface area is 169 Å². The van der Waals surface area contributed by atoms with E-state index in [4.69, 9.17) is 0 Å². The minimum absolute atomic E-state index is 0. The molecule has 0 fully saturated rings. The first-order valence-electron chi connectivity index (χ1n) is 8.96. The van der Waals surface area contributed by atoms with Gasteiger partial charge in [-0.05, 0) is 0 Å². The molecule has 24 heavy (non-hydrogen) atoms. The van der Waals surface area contributed by atoms with Crippen LogP contribution >= 0.6 is 0 Å². The standard InChI is InChI=1S/C5H5.3C4H10N.C3H7.Ti/c1-2-4-5-3-1;3*1-3-5-4-2;1-3-2;/h1-5H;3*3-4H2,1-2H3;3H,1-2H3;/q5*-1;. The van der Waals surface area contributed by atoms with E-state index in [9.17, 15) is 0 Å². The first-order valence-corrected chi connectivity index (χ1v) is 8.96. The molecule has 0 atom stereocenters. The smallest absolute Gasteiger partial charge is 0 e. The summed E-state index contributed by atoms with van der Waals surface area (Å²) in [6.07, 6.45) is 2.00. The Bertz CT molecular complexity index is 167. The molecule has 0 aromatic heterocycles. The van der Waals surface area contributed by atoms with Crippen LogP contribution in [0, 0.1) is 6.42 Å². The average Bonchev–Trinajstić information content (AvgIpc) is 3.11. The second kappa shape index (κ2) is 49.5. The van der Waals surface area contributed by atoms with Crippen LogP contribution in [0.4, 0.5) is 0 Å². The van der Waals surface area contributed by atoms with E-state index < -0.39 is 0 Å². The van der Waals surface area contributed by atoms with E-state index in [-0.39, 0.29) is 21.7 Å². The number of hydrogen-bond donors (Lipinski definition) is 0. The molecular formula is C20H42N3Ti-5. The third-order valence-electron chi connectivity index (χ3n) is 1.90. The van der Waals surface area contributed by atoms with E-state index in [0.29, 0.717) is 0 Å². The van der Waals surface area contributed by atoms with Crippen molar-refractivity contribution in [2.45, 2.75) is 55.4 Å². The molecule has 1 rings (SSSR count). The maximum Gasteiger partial charge on any atom is 0 e. The molecule has 0 aliphatic carbocycles. The van der Waals surface area contributed by atoms with Crippen LogP contribution in [-0.4, -0.2) is 39.3 Å². The van der Waals surface area contributed by atoms with Crippen LogP contribution in [0.1, 0.15) is 55.4 Å². The normalized spacial score (nSPS) is 7.67. The van der Waals surface area contributed by atoms with Gasteiger partial charge in [0, 0.05) is 21.7 Å². The van der Waals surface area contributed by atoms with E-state index in [1.54, 1.807) is 0 Å². The predicted octanol–water partition coefficient (Wildman–Crippen LogP) is 6.83. The van der Waals surface area contributed by atoms with Gasteiger partial charge in [0.1, 0.15) is 0 Å². The molecule has 0 bridgehead atoms.